The number of benzene rings is 2. The third-order valence-corrected chi connectivity index (χ3v) is 9.53. The SMILES string of the molecule is CCC(C)C(O)(CC(=O)OCc1ccc(OC2OC(CO)C(O)C(O)C2O)cc1)C(=O)OCc1ccc(OC2CC(CO)C(O)C(O)C2O)cc1. The first-order valence-electron chi connectivity index (χ1n) is 16.7. The number of carbonyl (C=O) groups is 2. The largest absolute Gasteiger partial charge is 0.488 e. The summed E-state index contributed by atoms with van der Waals surface area (Å²) < 4.78 is 27.4. The average molecular weight is 725 g/mol. The van der Waals surface area contributed by atoms with Crippen molar-refractivity contribution in [1.82, 2.24) is 0 Å². The second-order valence-corrected chi connectivity index (χ2v) is 13.1. The Morgan fingerprint density at radius 2 is 1.31 bits per heavy atom. The molecule has 2 aromatic carbocycles. The number of rotatable bonds is 15. The lowest BCUT2D eigenvalue weighted by molar-refractivity contribution is -0.277. The van der Waals surface area contributed by atoms with Gasteiger partial charge in [-0.25, -0.2) is 4.79 Å². The number of aliphatic hydroxyl groups is 9. The van der Waals surface area contributed by atoms with Crippen LogP contribution in [0.3, 0.4) is 0 Å². The van der Waals surface area contributed by atoms with Crippen LogP contribution < -0.4 is 9.47 Å². The van der Waals surface area contributed by atoms with Gasteiger partial charge >= 0.3 is 11.9 Å². The smallest absolute Gasteiger partial charge is 0.339 e. The number of ether oxygens (including phenoxy) is 5. The minimum absolute atomic E-state index is 0.113. The molecule has 1 heterocycles. The van der Waals surface area contributed by atoms with Crippen LogP contribution in [0.25, 0.3) is 0 Å². The Hall–Kier alpha value is -3.42. The first-order chi connectivity index (χ1) is 24.2. The van der Waals surface area contributed by atoms with E-state index in [1.165, 1.54) is 12.1 Å². The molecule has 12 atom stereocenters. The first-order valence-corrected chi connectivity index (χ1v) is 16.7. The van der Waals surface area contributed by atoms with Crippen molar-refractivity contribution in [2.24, 2.45) is 11.8 Å². The van der Waals surface area contributed by atoms with Crippen molar-refractivity contribution in [1.29, 1.82) is 0 Å². The van der Waals surface area contributed by atoms with Crippen LogP contribution in [0, 0.1) is 11.8 Å². The molecule has 0 spiro atoms. The molecule has 4 rings (SSSR count). The fraction of sp³-hybridized carbons (Fsp3) is 0.600. The Morgan fingerprint density at radius 3 is 1.86 bits per heavy atom. The van der Waals surface area contributed by atoms with E-state index in [0.717, 1.165) is 0 Å². The van der Waals surface area contributed by atoms with Gasteiger partial charge in [-0.2, -0.15) is 0 Å². The van der Waals surface area contributed by atoms with E-state index in [0.29, 0.717) is 23.3 Å². The molecule has 16 nitrogen and oxygen atoms in total. The molecule has 16 heteroatoms. The second-order valence-electron chi connectivity index (χ2n) is 13.1. The van der Waals surface area contributed by atoms with Crippen molar-refractivity contribution in [3.8, 4) is 11.5 Å². The molecule has 1 saturated carbocycles. The maximum absolute atomic E-state index is 13.2. The van der Waals surface area contributed by atoms with E-state index < -0.39 is 97.5 Å². The van der Waals surface area contributed by atoms with Gasteiger partial charge in [-0.05, 0) is 47.7 Å². The summed E-state index contributed by atoms with van der Waals surface area (Å²) in [4.78, 5) is 26.0. The van der Waals surface area contributed by atoms with Crippen LogP contribution in [0.4, 0.5) is 0 Å². The van der Waals surface area contributed by atoms with E-state index in [4.69, 9.17) is 23.7 Å². The quantitative estimate of drug-likeness (QED) is 0.0963. The summed E-state index contributed by atoms with van der Waals surface area (Å²) in [6.07, 6.45) is -12.5. The van der Waals surface area contributed by atoms with Gasteiger partial charge in [0.2, 0.25) is 6.29 Å². The highest BCUT2D eigenvalue weighted by Crippen LogP contribution is 2.31. The van der Waals surface area contributed by atoms with Crippen LogP contribution >= 0.6 is 0 Å². The molecule has 0 aromatic heterocycles. The third-order valence-electron chi connectivity index (χ3n) is 9.53. The summed E-state index contributed by atoms with van der Waals surface area (Å²) in [6.45, 7) is 1.90. The summed E-state index contributed by atoms with van der Waals surface area (Å²) in [5, 5.41) is 90.6. The molecule has 1 aliphatic heterocycles. The minimum atomic E-state index is -2.19. The van der Waals surface area contributed by atoms with E-state index >= 15 is 0 Å². The highest BCUT2D eigenvalue weighted by Gasteiger charge is 2.46. The highest BCUT2D eigenvalue weighted by molar-refractivity contribution is 5.86. The lowest BCUT2D eigenvalue weighted by atomic mass is 9.81. The van der Waals surface area contributed by atoms with Gasteiger partial charge in [-0.1, -0.05) is 44.5 Å². The van der Waals surface area contributed by atoms with E-state index in [1.54, 1.807) is 50.2 Å². The molecular formula is C35H48O16. The summed E-state index contributed by atoms with van der Waals surface area (Å²) in [5.74, 6) is -2.68. The van der Waals surface area contributed by atoms with Gasteiger partial charge in [-0.15, -0.1) is 0 Å². The monoisotopic (exact) mass is 724 g/mol. The van der Waals surface area contributed by atoms with Crippen LogP contribution in [0.1, 0.15) is 44.2 Å². The van der Waals surface area contributed by atoms with Crippen molar-refractivity contribution in [3.05, 3.63) is 59.7 Å². The average Bonchev–Trinajstić information content (AvgIpc) is 3.13. The van der Waals surface area contributed by atoms with Gasteiger partial charge in [0, 0.05) is 12.5 Å². The van der Waals surface area contributed by atoms with Gasteiger partial charge in [0.15, 0.2) is 5.60 Å². The van der Waals surface area contributed by atoms with Gasteiger partial charge in [0.05, 0.1) is 19.1 Å². The molecule has 1 saturated heterocycles. The van der Waals surface area contributed by atoms with Crippen molar-refractivity contribution < 1.29 is 79.2 Å². The summed E-state index contributed by atoms with van der Waals surface area (Å²) in [6, 6.07) is 12.3. The molecule has 12 unspecified atom stereocenters. The maximum atomic E-state index is 13.2. The molecule has 2 aliphatic rings. The molecule has 284 valence electrons. The van der Waals surface area contributed by atoms with E-state index in [-0.39, 0.29) is 32.0 Å². The van der Waals surface area contributed by atoms with Crippen molar-refractivity contribution in [2.75, 3.05) is 13.2 Å². The van der Waals surface area contributed by atoms with Gasteiger partial charge < -0.3 is 69.6 Å². The summed E-state index contributed by atoms with van der Waals surface area (Å²) >= 11 is 0. The molecule has 9 N–H and O–H groups in total. The molecule has 1 aliphatic carbocycles. The molecule has 2 fully saturated rings. The van der Waals surface area contributed by atoms with Gasteiger partial charge in [0.1, 0.15) is 67.4 Å². The summed E-state index contributed by atoms with van der Waals surface area (Å²) in [5.41, 5.74) is -1.15. The van der Waals surface area contributed by atoms with Crippen LogP contribution in [0.15, 0.2) is 48.5 Å². The van der Waals surface area contributed by atoms with Gasteiger partial charge in [-0.3, -0.25) is 4.79 Å². The predicted molar refractivity (Wildman–Crippen MR) is 174 cm³/mol. The zero-order chi connectivity index (χ0) is 37.5. The second kappa shape index (κ2) is 17.9. The van der Waals surface area contributed by atoms with E-state index in [1.807, 2.05) is 0 Å². The Kier molecular flexibility index (Phi) is 14.1. The topological polar surface area (TPSA) is 262 Å². The fourth-order valence-electron chi connectivity index (χ4n) is 5.87. The Labute approximate surface area is 294 Å². The Morgan fingerprint density at radius 1 is 0.765 bits per heavy atom. The normalized spacial score (nSPS) is 31.2. The molecule has 0 radical (unpaired) electrons. The zero-order valence-corrected chi connectivity index (χ0v) is 28.3. The minimum Gasteiger partial charge on any atom is -0.488 e. The Bertz CT molecular complexity index is 1400. The van der Waals surface area contributed by atoms with E-state index in [9.17, 15) is 55.5 Å². The highest BCUT2D eigenvalue weighted by atomic mass is 16.7. The van der Waals surface area contributed by atoms with Crippen molar-refractivity contribution in [3.63, 3.8) is 0 Å². The lowest BCUT2D eigenvalue weighted by Gasteiger charge is -2.39. The third kappa shape index (κ3) is 9.72. The molecule has 2 aromatic rings. The molecular weight excluding hydrogens is 676 g/mol. The van der Waals surface area contributed by atoms with E-state index in [2.05, 4.69) is 0 Å². The lowest BCUT2D eigenvalue weighted by Crippen LogP contribution is -2.60. The molecule has 0 bridgehead atoms. The number of hydrogen-bond donors (Lipinski definition) is 9. The fourth-order valence-corrected chi connectivity index (χ4v) is 5.87. The Balaban J connectivity index is 1.28. The molecule has 0 amide bonds. The maximum Gasteiger partial charge on any atom is 0.339 e. The summed E-state index contributed by atoms with van der Waals surface area (Å²) in [7, 11) is 0. The van der Waals surface area contributed by atoms with Crippen LogP contribution in [-0.4, -0.2) is 132 Å². The van der Waals surface area contributed by atoms with Crippen molar-refractivity contribution >= 4 is 11.9 Å². The number of hydrogen-bond acceptors (Lipinski definition) is 16. The van der Waals surface area contributed by atoms with Crippen LogP contribution in [0.2, 0.25) is 0 Å². The standard InChI is InChI=1S/C35H48O16/c1-3-18(2)35(46,34(45)48-17-20-4-8-22(9-5-20)49-24-12-21(14-36)27(39)30(42)28(24)40)13-26(38)47-16-19-6-10-23(11-7-19)50-33-32(44)31(43)29(41)25(15-37)51-33/h4-11,18,21,24-25,27-33,36-37,39-44,46H,3,12-17H2,1-2H3. The van der Waals surface area contributed by atoms with Crippen LogP contribution in [0.5, 0.6) is 11.5 Å². The first kappa shape index (κ1) is 40.4. The van der Waals surface area contributed by atoms with Crippen molar-refractivity contribution in [2.45, 2.75) is 107 Å². The predicted octanol–water partition coefficient (Wildman–Crippen LogP) is -1.34. The number of aliphatic hydroxyl groups excluding tert-OH is 8. The number of carbonyl (C=O) groups excluding carboxylic acids is 2. The van der Waals surface area contributed by atoms with Crippen LogP contribution in [-0.2, 0) is 37.0 Å². The molecule has 51 heavy (non-hydrogen) atoms. The van der Waals surface area contributed by atoms with Gasteiger partial charge in [0.25, 0.3) is 0 Å². The zero-order valence-electron chi connectivity index (χ0n) is 28.3. The number of esters is 2.